The fourth-order valence-electron chi connectivity index (χ4n) is 4.88. The largest absolute Gasteiger partial charge is 0.486 e. The van der Waals surface area contributed by atoms with E-state index in [2.05, 4.69) is 27.4 Å². The van der Waals surface area contributed by atoms with Crippen molar-refractivity contribution in [1.82, 2.24) is 14.7 Å². The third-order valence-corrected chi connectivity index (χ3v) is 6.27. The molecule has 5 rings (SSSR count). The molecule has 0 unspecified atom stereocenters. The fourth-order valence-corrected chi connectivity index (χ4v) is 4.88. The summed E-state index contributed by atoms with van der Waals surface area (Å²) in [6.45, 7) is 2.49. The number of carbonyl (C=O) groups is 1. The number of likely N-dealkylation sites (tertiary alicyclic amines) is 1. The van der Waals surface area contributed by atoms with Crippen molar-refractivity contribution in [3.63, 3.8) is 0 Å². The molecule has 29 heavy (non-hydrogen) atoms. The lowest BCUT2D eigenvalue weighted by molar-refractivity contribution is -0.117. The molecule has 1 aromatic heterocycles. The minimum Gasteiger partial charge on any atom is -0.486 e. The maximum absolute atomic E-state index is 12.8. The Labute approximate surface area is 171 Å². The summed E-state index contributed by atoms with van der Waals surface area (Å²) in [5.41, 5.74) is 1.19. The molecule has 0 spiro atoms. The summed E-state index contributed by atoms with van der Waals surface area (Å²) in [6, 6.07) is 8.71. The van der Waals surface area contributed by atoms with Crippen LogP contribution in [0.1, 0.15) is 56.2 Å². The van der Waals surface area contributed by atoms with Gasteiger partial charge in [0.2, 0.25) is 5.91 Å². The first-order valence-corrected chi connectivity index (χ1v) is 10.7. The van der Waals surface area contributed by atoms with Gasteiger partial charge in [0.15, 0.2) is 11.5 Å². The zero-order valence-corrected chi connectivity index (χ0v) is 16.7. The molecule has 7 nitrogen and oxygen atoms in total. The van der Waals surface area contributed by atoms with Gasteiger partial charge in [-0.15, -0.1) is 0 Å². The van der Waals surface area contributed by atoms with Gasteiger partial charge in [0.05, 0.1) is 18.8 Å². The molecule has 3 aliphatic rings. The standard InChI is InChI=1S/C22H28N4O3/c27-22(24-21-9-10-23-26(21)17-4-1-2-5-17)15-25-11-3-6-18(25)16-7-8-19-20(14-16)29-13-12-28-19/h7-10,14,17-18H,1-6,11-13,15H2,(H,24,27)/t18-/m0/s1. The van der Waals surface area contributed by atoms with Gasteiger partial charge in [-0.05, 0) is 49.9 Å². The predicted octanol–water partition coefficient (Wildman–Crippen LogP) is 3.55. The molecule has 1 atom stereocenters. The van der Waals surface area contributed by atoms with E-state index in [1.54, 1.807) is 6.20 Å². The summed E-state index contributed by atoms with van der Waals surface area (Å²) in [6.07, 6.45) is 8.68. The molecule has 2 aromatic rings. The van der Waals surface area contributed by atoms with Crippen LogP contribution in [0.5, 0.6) is 11.5 Å². The molecular weight excluding hydrogens is 368 g/mol. The molecule has 1 saturated heterocycles. The van der Waals surface area contributed by atoms with Crippen LogP contribution in [-0.4, -0.2) is 46.9 Å². The third kappa shape index (κ3) is 3.83. The highest BCUT2D eigenvalue weighted by Gasteiger charge is 2.29. The lowest BCUT2D eigenvalue weighted by Crippen LogP contribution is -2.33. The zero-order chi connectivity index (χ0) is 19.6. The van der Waals surface area contributed by atoms with E-state index >= 15 is 0 Å². The summed E-state index contributed by atoms with van der Waals surface area (Å²) >= 11 is 0. The molecule has 2 fully saturated rings. The Morgan fingerprint density at radius 3 is 2.76 bits per heavy atom. The number of fused-ring (bicyclic) bond motifs is 1. The number of hydrogen-bond donors (Lipinski definition) is 1. The van der Waals surface area contributed by atoms with Crippen molar-refractivity contribution in [3.05, 3.63) is 36.0 Å². The molecule has 1 aromatic carbocycles. The maximum Gasteiger partial charge on any atom is 0.239 e. The van der Waals surface area contributed by atoms with Crippen LogP contribution in [0.2, 0.25) is 0 Å². The van der Waals surface area contributed by atoms with E-state index < -0.39 is 0 Å². The van der Waals surface area contributed by atoms with Gasteiger partial charge in [0.25, 0.3) is 0 Å². The van der Waals surface area contributed by atoms with E-state index in [1.165, 1.54) is 18.4 Å². The Bertz CT molecular complexity index is 875. The van der Waals surface area contributed by atoms with Crippen LogP contribution >= 0.6 is 0 Å². The van der Waals surface area contributed by atoms with Crippen molar-refractivity contribution in [2.75, 3.05) is 31.6 Å². The van der Waals surface area contributed by atoms with Gasteiger partial charge in [-0.25, -0.2) is 4.68 Å². The van der Waals surface area contributed by atoms with Crippen molar-refractivity contribution < 1.29 is 14.3 Å². The molecule has 7 heteroatoms. The molecule has 2 aliphatic heterocycles. The Kier molecular flexibility index (Phi) is 5.14. The molecule has 3 heterocycles. The molecule has 0 bridgehead atoms. The smallest absolute Gasteiger partial charge is 0.239 e. The van der Waals surface area contributed by atoms with Gasteiger partial charge in [-0.2, -0.15) is 5.10 Å². The highest BCUT2D eigenvalue weighted by atomic mass is 16.6. The number of aromatic nitrogens is 2. The van der Waals surface area contributed by atoms with Crippen LogP contribution in [-0.2, 0) is 4.79 Å². The van der Waals surface area contributed by atoms with Crippen molar-refractivity contribution in [1.29, 1.82) is 0 Å². The Morgan fingerprint density at radius 1 is 1.07 bits per heavy atom. The van der Waals surface area contributed by atoms with Crippen molar-refractivity contribution in [2.24, 2.45) is 0 Å². The number of rotatable bonds is 5. The Balaban J connectivity index is 1.25. The second-order valence-electron chi connectivity index (χ2n) is 8.18. The van der Waals surface area contributed by atoms with Gasteiger partial charge in [-0.3, -0.25) is 9.69 Å². The Hall–Kier alpha value is -2.54. The Morgan fingerprint density at radius 2 is 1.90 bits per heavy atom. The number of amides is 1. The van der Waals surface area contributed by atoms with E-state index in [4.69, 9.17) is 9.47 Å². The first kappa shape index (κ1) is 18.5. The van der Waals surface area contributed by atoms with Crippen LogP contribution in [0.15, 0.2) is 30.5 Å². The first-order chi connectivity index (χ1) is 14.3. The number of hydrogen-bond acceptors (Lipinski definition) is 5. The second kappa shape index (κ2) is 8.06. The monoisotopic (exact) mass is 396 g/mol. The molecule has 1 N–H and O–H groups in total. The van der Waals surface area contributed by atoms with Crippen LogP contribution in [0.25, 0.3) is 0 Å². The summed E-state index contributed by atoms with van der Waals surface area (Å²) < 4.78 is 13.4. The van der Waals surface area contributed by atoms with Crippen LogP contribution in [0, 0.1) is 0 Å². The minimum atomic E-state index is 0.0224. The van der Waals surface area contributed by atoms with Crippen molar-refractivity contribution in [3.8, 4) is 11.5 Å². The zero-order valence-electron chi connectivity index (χ0n) is 16.7. The quantitative estimate of drug-likeness (QED) is 0.837. The number of nitrogens with zero attached hydrogens (tertiary/aromatic N) is 3. The lowest BCUT2D eigenvalue weighted by Gasteiger charge is -2.26. The molecule has 1 amide bonds. The highest BCUT2D eigenvalue weighted by Crippen LogP contribution is 2.38. The van der Waals surface area contributed by atoms with Crippen LogP contribution < -0.4 is 14.8 Å². The average molecular weight is 396 g/mol. The molecule has 1 saturated carbocycles. The topological polar surface area (TPSA) is 68.6 Å². The molecule has 0 radical (unpaired) electrons. The third-order valence-electron chi connectivity index (χ3n) is 6.27. The highest BCUT2D eigenvalue weighted by molar-refractivity contribution is 5.91. The first-order valence-electron chi connectivity index (χ1n) is 10.7. The van der Waals surface area contributed by atoms with Gasteiger partial charge in [-0.1, -0.05) is 18.9 Å². The van der Waals surface area contributed by atoms with Crippen molar-refractivity contribution >= 4 is 11.7 Å². The van der Waals surface area contributed by atoms with E-state index in [0.717, 1.165) is 49.5 Å². The summed E-state index contributed by atoms with van der Waals surface area (Å²) in [5, 5.41) is 7.54. The summed E-state index contributed by atoms with van der Waals surface area (Å²) in [7, 11) is 0. The number of benzene rings is 1. The number of ether oxygens (including phenoxy) is 2. The van der Waals surface area contributed by atoms with Crippen molar-refractivity contribution in [2.45, 2.75) is 50.6 Å². The van der Waals surface area contributed by atoms with E-state index in [9.17, 15) is 4.79 Å². The number of nitrogens with one attached hydrogen (secondary N) is 1. The lowest BCUT2D eigenvalue weighted by atomic mass is 10.0. The average Bonchev–Trinajstić information content (AvgIpc) is 3.49. The maximum atomic E-state index is 12.8. The fraction of sp³-hybridized carbons (Fsp3) is 0.545. The predicted molar refractivity (Wildman–Crippen MR) is 109 cm³/mol. The molecule has 1 aliphatic carbocycles. The van der Waals surface area contributed by atoms with E-state index in [-0.39, 0.29) is 11.9 Å². The summed E-state index contributed by atoms with van der Waals surface area (Å²) in [5.74, 6) is 2.46. The molecule has 154 valence electrons. The van der Waals surface area contributed by atoms with Crippen LogP contribution in [0.3, 0.4) is 0 Å². The normalized spacial score (nSPS) is 22.1. The van der Waals surface area contributed by atoms with Crippen LogP contribution in [0.4, 0.5) is 5.82 Å². The second-order valence-corrected chi connectivity index (χ2v) is 8.18. The van der Waals surface area contributed by atoms with Gasteiger partial charge >= 0.3 is 0 Å². The molecular formula is C22H28N4O3. The van der Waals surface area contributed by atoms with Gasteiger partial charge < -0.3 is 14.8 Å². The number of carbonyl (C=O) groups excluding carboxylic acids is 1. The summed E-state index contributed by atoms with van der Waals surface area (Å²) in [4.78, 5) is 15.1. The minimum absolute atomic E-state index is 0.0224. The van der Waals surface area contributed by atoms with E-state index in [1.807, 2.05) is 16.8 Å². The van der Waals surface area contributed by atoms with E-state index in [0.29, 0.717) is 25.8 Å². The SMILES string of the molecule is O=C(CN1CCC[C@H]1c1ccc2c(c1)OCCO2)Nc1ccnn1C1CCCC1. The number of anilines is 1. The van der Waals surface area contributed by atoms with Gasteiger partial charge in [0.1, 0.15) is 19.0 Å². The van der Waals surface area contributed by atoms with Gasteiger partial charge in [0, 0.05) is 12.1 Å².